The summed E-state index contributed by atoms with van der Waals surface area (Å²) < 4.78 is 7.06. The van der Waals surface area contributed by atoms with Crippen LogP contribution in [0.5, 0.6) is 0 Å². The smallest absolute Gasteiger partial charge is 0.324 e. The maximum atomic E-state index is 13.5. The Labute approximate surface area is 145 Å². The highest BCUT2D eigenvalue weighted by Crippen LogP contribution is 2.53. The molecule has 0 radical (unpaired) electrons. The zero-order valence-electron chi connectivity index (χ0n) is 14.9. The molecular weight excluding hydrogens is 318 g/mol. The van der Waals surface area contributed by atoms with Crippen LogP contribution in [0, 0.1) is 5.92 Å². The lowest BCUT2D eigenvalue weighted by molar-refractivity contribution is -0.159. The number of hydrogen-bond donors (Lipinski definition) is 0. The Kier molecular flexibility index (Phi) is 3.09. The number of aryl methyl sites for hydroxylation is 1. The minimum Gasteiger partial charge on any atom is -0.468 e. The molecular formula is C20H21NO4. The van der Waals surface area contributed by atoms with E-state index >= 15 is 0 Å². The second-order valence-corrected chi connectivity index (χ2v) is 7.81. The molecule has 5 nitrogen and oxygen atoms in total. The Morgan fingerprint density at radius 2 is 1.96 bits per heavy atom. The number of benzene rings is 1. The molecule has 2 aromatic rings. The van der Waals surface area contributed by atoms with Crippen LogP contribution in [0.1, 0.15) is 37.8 Å². The average molecular weight is 339 g/mol. The first-order chi connectivity index (χ1) is 11.7. The fourth-order valence-corrected chi connectivity index (χ4v) is 4.82. The van der Waals surface area contributed by atoms with E-state index in [1.165, 1.54) is 7.11 Å². The van der Waals surface area contributed by atoms with Crippen LogP contribution in [0.25, 0.3) is 10.9 Å². The largest absolute Gasteiger partial charge is 0.468 e. The minimum atomic E-state index is -1.53. The van der Waals surface area contributed by atoms with Gasteiger partial charge >= 0.3 is 5.97 Å². The van der Waals surface area contributed by atoms with Gasteiger partial charge in [-0.15, -0.1) is 0 Å². The SMILES string of the molecule is COC(=O)[C@@]12CC(=O)C[C@@H](C1=O)C(C)(C)c1cn(C)c3cccc2c13. The van der Waals surface area contributed by atoms with Gasteiger partial charge in [0.2, 0.25) is 0 Å². The summed E-state index contributed by atoms with van der Waals surface area (Å²) >= 11 is 0. The molecule has 2 bridgehead atoms. The van der Waals surface area contributed by atoms with Gasteiger partial charge in [0.1, 0.15) is 5.78 Å². The molecule has 1 aromatic heterocycles. The number of ether oxygens (including phenoxy) is 1. The lowest BCUT2D eigenvalue weighted by Crippen LogP contribution is -2.55. The van der Waals surface area contributed by atoms with Gasteiger partial charge in [0.25, 0.3) is 0 Å². The molecule has 1 aromatic carbocycles. The highest BCUT2D eigenvalue weighted by molar-refractivity contribution is 6.20. The molecule has 1 fully saturated rings. The number of carbonyl (C=O) groups is 3. The van der Waals surface area contributed by atoms with Gasteiger partial charge in [-0.1, -0.05) is 26.0 Å². The third-order valence-electron chi connectivity index (χ3n) is 6.20. The van der Waals surface area contributed by atoms with Crippen molar-refractivity contribution in [2.75, 3.05) is 7.11 Å². The molecule has 4 rings (SSSR count). The van der Waals surface area contributed by atoms with Crippen molar-refractivity contribution in [2.24, 2.45) is 13.0 Å². The van der Waals surface area contributed by atoms with E-state index in [9.17, 15) is 14.4 Å². The van der Waals surface area contributed by atoms with Gasteiger partial charge < -0.3 is 9.30 Å². The van der Waals surface area contributed by atoms with Crippen LogP contribution in [-0.2, 0) is 37.0 Å². The molecule has 130 valence electrons. The summed E-state index contributed by atoms with van der Waals surface area (Å²) in [7, 11) is 3.24. The van der Waals surface area contributed by atoms with E-state index in [1.54, 1.807) is 6.07 Å². The van der Waals surface area contributed by atoms with E-state index < -0.39 is 22.7 Å². The molecule has 0 unspecified atom stereocenters. The first kappa shape index (κ1) is 16.1. The Bertz CT molecular complexity index is 952. The molecule has 2 aliphatic carbocycles. The lowest BCUT2D eigenvalue weighted by atomic mass is 9.60. The van der Waals surface area contributed by atoms with Gasteiger partial charge in [-0.25, -0.2) is 0 Å². The fraction of sp³-hybridized carbons (Fsp3) is 0.450. The van der Waals surface area contributed by atoms with E-state index in [-0.39, 0.29) is 24.4 Å². The predicted octanol–water partition coefficient (Wildman–Crippen LogP) is 2.43. The first-order valence-corrected chi connectivity index (χ1v) is 8.48. The third-order valence-corrected chi connectivity index (χ3v) is 6.20. The molecule has 25 heavy (non-hydrogen) atoms. The van der Waals surface area contributed by atoms with Gasteiger partial charge in [0.15, 0.2) is 11.2 Å². The van der Waals surface area contributed by atoms with Crippen LogP contribution in [0.4, 0.5) is 0 Å². The first-order valence-electron chi connectivity index (χ1n) is 8.48. The topological polar surface area (TPSA) is 65.4 Å². The Morgan fingerprint density at radius 1 is 1.24 bits per heavy atom. The Morgan fingerprint density at radius 3 is 2.64 bits per heavy atom. The standard InChI is InChI=1S/C20H21NO4/c1-19(2)13-8-11(22)9-20(17(13)23,18(24)25-4)12-6-5-7-15-16(12)14(19)10-21(15)3/h5-7,10,13H,8-9H2,1-4H3/t13-,20+/m0/s1. The van der Waals surface area contributed by atoms with Crippen molar-refractivity contribution in [3.63, 3.8) is 0 Å². The van der Waals surface area contributed by atoms with Gasteiger partial charge in [-0.3, -0.25) is 14.4 Å². The summed E-state index contributed by atoms with van der Waals surface area (Å²) in [5.74, 6) is -1.41. The Hall–Kier alpha value is -2.43. The quantitative estimate of drug-likeness (QED) is 0.591. The number of methoxy groups -OCH3 is 1. The lowest BCUT2D eigenvalue weighted by Gasteiger charge is -2.40. The normalized spacial score (nSPS) is 27.3. The van der Waals surface area contributed by atoms with Crippen LogP contribution < -0.4 is 0 Å². The molecule has 0 spiro atoms. The third kappa shape index (κ3) is 1.76. The van der Waals surface area contributed by atoms with Crippen LogP contribution >= 0.6 is 0 Å². The molecule has 0 amide bonds. The maximum Gasteiger partial charge on any atom is 0.324 e. The van der Waals surface area contributed by atoms with Crippen molar-refractivity contribution in [2.45, 2.75) is 37.5 Å². The molecule has 1 saturated carbocycles. The van der Waals surface area contributed by atoms with Crippen molar-refractivity contribution < 1.29 is 19.1 Å². The molecule has 0 N–H and O–H groups in total. The predicted molar refractivity (Wildman–Crippen MR) is 92.4 cm³/mol. The van der Waals surface area contributed by atoms with Crippen molar-refractivity contribution in [1.82, 2.24) is 4.57 Å². The van der Waals surface area contributed by atoms with Gasteiger partial charge in [0.05, 0.1) is 7.11 Å². The molecule has 5 heteroatoms. The molecule has 2 atom stereocenters. The zero-order chi connectivity index (χ0) is 18.1. The number of aromatic nitrogens is 1. The second kappa shape index (κ2) is 4.81. The van der Waals surface area contributed by atoms with E-state index in [4.69, 9.17) is 4.74 Å². The molecule has 1 heterocycles. The van der Waals surface area contributed by atoms with E-state index in [2.05, 4.69) is 0 Å². The fourth-order valence-electron chi connectivity index (χ4n) is 4.82. The average Bonchev–Trinajstić information content (AvgIpc) is 2.92. The number of hydrogen-bond acceptors (Lipinski definition) is 4. The number of ketones is 2. The van der Waals surface area contributed by atoms with E-state index in [0.717, 1.165) is 16.5 Å². The summed E-state index contributed by atoms with van der Waals surface area (Å²) in [6, 6.07) is 5.62. The highest BCUT2D eigenvalue weighted by atomic mass is 16.5. The molecule has 0 saturated heterocycles. The van der Waals surface area contributed by atoms with Crippen molar-refractivity contribution in [3.05, 3.63) is 35.5 Å². The monoisotopic (exact) mass is 339 g/mol. The highest BCUT2D eigenvalue weighted by Gasteiger charge is 2.61. The summed E-state index contributed by atoms with van der Waals surface area (Å²) in [6.07, 6.45) is 2.09. The van der Waals surface area contributed by atoms with Gasteiger partial charge in [-0.2, -0.15) is 0 Å². The minimum absolute atomic E-state index is 0.0605. The summed E-state index contributed by atoms with van der Waals surface area (Å²) in [5, 5.41) is 0.908. The Balaban J connectivity index is 2.22. The number of carbonyl (C=O) groups excluding carboxylic acids is 3. The summed E-state index contributed by atoms with van der Waals surface area (Å²) in [5.41, 5.74) is 0.508. The summed E-state index contributed by atoms with van der Waals surface area (Å²) in [6.45, 7) is 3.99. The molecule has 2 aliphatic rings. The van der Waals surface area contributed by atoms with Crippen molar-refractivity contribution in [1.29, 1.82) is 0 Å². The van der Waals surface area contributed by atoms with Crippen LogP contribution in [-0.4, -0.2) is 29.2 Å². The van der Waals surface area contributed by atoms with E-state index in [1.807, 2.05) is 43.8 Å². The molecule has 0 aliphatic heterocycles. The number of Topliss-reactive ketones (excluding diaryl/α,β-unsaturated/α-hetero) is 2. The van der Waals surface area contributed by atoms with Gasteiger partial charge in [-0.05, 0) is 17.2 Å². The second-order valence-electron chi connectivity index (χ2n) is 7.81. The van der Waals surface area contributed by atoms with Crippen molar-refractivity contribution >= 4 is 28.4 Å². The number of fused-ring (bicyclic) bond motifs is 3. The van der Waals surface area contributed by atoms with Crippen LogP contribution in [0.2, 0.25) is 0 Å². The number of esters is 1. The van der Waals surface area contributed by atoms with Crippen LogP contribution in [0.3, 0.4) is 0 Å². The van der Waals surface area contributed by atoms with Gasteiger partial charge in [0, 0.05) is 48.3 Å². The number of rotatable bonds is 1. The maximum absolute atomic E-state index is 13.5. The number of nitrogens with zero attached hydrogens (tertiary/aromatic N) is 1. The van der Waals surface area contributed by atoms with Crippen LogP contribution in [0.15, 0.2) is 24.4 Å². The van der Waals surface area contributed by atoms with Crippen molar-refractivity contribution in [3.8, 4) is 0 Å². The van der Waals surface area contributed by atoms with E-state index in [0.29, 0.717) is 5.56 Å². The zero-order valence-corrected chi connectivity index (χ0v) is 14.9. The summed E-state index contributed by atoms with van der Waals surface area (Å²) in [4.78, 5) is 39.0.